The van der Waals surface area contributed by atoms with Crippen molar-refractivity contribution in [1.82, 2.24) is 4.98 Å². The minimum absolute atomic E-state index is 0.0357. The number of nitrogens with two attached hydrogens (primary N) is 1. The van der Waals surface area contributed by atoms with Gasteiger partial charge < -0.3 is 11.1 Å². The molecule has 2 rings (SSSR count). The summed E-state index contributed by atoms with van der Waals surface area (Å²) < 4.78 is 0. The van der Waals surface area contributed by atoms with Gasteiger partial charge in [0.2, 0.25) is 0 Å². The van der Waals surface area contributed by atoms with Crippen LogP contribution in [0.15, 0.2) is 12.3 Å². The largest absolute Gasteiger partial charge is 0.367 e. The summed E-state index contributed by atoms with van der Waals surface area (Å²) >= 11 is 0. The fourth-order valence-electron chi connectivity index (χ4n) is 1.69. The summed E-state index contributed by atoms with van der Waals surface area (Å²) in [4.78, 5) is 13.9. The normalized spacial score (nSPS) is 15.8. The highest BCUT2D eigenvalue weighted by Gasteiger charge is 2.28. The van der Waals surface area contributed by atoms with Crippen molar-refractivity contribution in [3.63, 3.8) is 0 Å². The van der Waals surface area contributed by atoms with E-state index in [1.807, 2.05) is 6.07 Å². The maximum absolute atomic E-state index is 10.6. The second-order valence-electron chi connectivity index (χ2n) is 4.34. The number of hydrogen-bond acceptors (Lipinski definition) is 6. The Morgan fingerprint density at radius 3 is 3.00 bits per heavy atom. The van der Waals surface area contributed by atoms with Gasteiger partial charge in [-0.15, -0.1) is 0 Å². The van der Waals surface area contributed by atoms with E-state index in [0.717, 1.165) is 19.0 Å². The average Bonchev–Trinajstić information content (AvgIpc) is 3.19. The molecule has 1 unspecified atom stereocenters. The quantitative estimate of drug-likeness (QED) is 0.592. The van der Waals surface area contributed by atoms with E-state index in [4.69, 9.17) is 11.0 Å². The zero-order chi connectivity index (χ0) is 13.1. The van der Waals surface area contributed by atoms with E-state index in [1.165, 1.54) is 6.07 Å². The lowest BCUT2D eigenvalue weighted by Gasteiger charge is -2.12. The molecule has 0 amide bonds. The molecule has 0 bridgehead atoms. The van der Waals surface area contributed by atoms with Crippen LogP contribution in [0.4, 0.5) is 11.5 Å². The SMILES string of the molecule is N#Cc1cc([N+](=O)[O-])cnc1NCC(N)C1CC1. The molecule has 1 aromatic rings. The third kappa shape index (κ3) is 2.73. The molecule has 1 aliphatic rings. The van der Waals surface area contributed by atoms with E-state index >= 15 is 0 Å². The maximum atomic E-state index is 10.6. The molecule has 1 atom stereocenters. The number of aromatic nitrogens is 1. The molecule has 0 aliphatic heterocycles. The first-order chi connectivity index (χ1) is 8.61. The molecule has 94 valence electrons. The van der Waals surface area contributed by atoms with Gasteiger partial charge in [0, 0.05) is 18.7 Å². The van der Waals surface area contributed by atoms with Gasteiger partial charge in [0.25, 0.3) is 5.69 Å². The van der Waals surface area contributed by atoms with Gasteiger partial charge in [-0.05, 0) is 18.8 Å². The smallest absolute Gasteiger partial charge is 0.289 e. The van der Waals surface area contributed by atoms with Crippen LogP contribution in [0.1, 0.15) is 18.4 Å². The molecule has 1 saturated carbocycles. The number of nitro groups is 1. The summed E-state index contributed by atoms with van der Waals surface area (Å²) in [5.74, 6) is 0.889. The molecular weight excluding hydrogens is 234 g/mol. The fraction of sp³-hybridized carbons (Fsp3) is 0.455. The third-order valence-corrected chi connectivity index (χ3v) is 2.94. The van der Waals surface area contributed by atoms with Crippen LogP contribution in [0.2, 0.25) is 0 Å². The molecular formula is C11H13N5O2. The monoisotopic (exact) mass is 247 g/mol. The summed E-state index contributed by atoms with van der Waals surface area (Å²) in [6.07, 6.45) is 3.41. The second kappa shape index (κ2) is 4.98. The fourth-order valence-corrected chi connectivity index (χ4v) is 1.69. The van der Waals surface area contributed by atoms with Crippen LogP contribution in [0.3, 0.4) is 0 Å². The van der Waals surface area contributed by atoms with Crippen LogP contribution in [-0.4, -0.2) is 22.5 Å². The Balaban J connectivity index is 2.07. The number of nitrogens with zero attached hydrogens (tertiary/aromatic N) is 3. The summed E-state index contributed by atoms with van der Waals surface area (Å²) in [6, 6.07) is 3.13. The molecule has 0 spiro atoms. The predicted octanol–water partition coefficient (Wildman–Crippen LogP) is 1.01. The molecule has 0 aromatic carbocycles. The summed E-state index contributed by atoms with van der Waals surface area (Å²) in [6.45, 7) is 0.518. The van der Waals surface area contributed by atoms with E-state index in [-0.39, 0.29) is 17.3 Å². The van der Waals surface area contributed by atoms with Gasteiger partial charge in [-0.25, -0.2) is 4.98 Å². The van der Waals surface area contributed by atoms with Crippen molar-refractivity contribution in [2.24, 2.45) is 11.7 Å². The van der Waals surface area contributed by atoms with Crippen molar-refractivity contribution in [3.05, 3.63) is 27.9 Å². The number of pyridine rings is 1. The van der Waals surface area contributed by atoms with Crippen molar-refractivity contribution in [2.45, 2.75) is 18.9 Å². The lowest BCUT2D eigenvalue weighted by molar-refractivity contribution is -0.385. The number of nitrogens with one attached hydrogen (secondary N) is 1. The van der Waals surface area contributed by atoms with Gasteiger partial charge in [-0.3, -0.25) is 10.1 Å². The molecule has 0 saturated heterocycles. The molecule has 1 fully saturated rings. The molecule has 3 N–H and O–H groups in total. The highest BCUT2D eigenvalue weighted by Crippen LogP contribution is 2.31. The number of rotatable bonds is 5. The van der Waals surface area contributed by atoms with Gasteiger partial charge >= 0.3 is 0 Å². The Morgan fingerprint density at radius 2 is 2.44 bits per heavy atom. The summed E-state index contributed by atoms with van der Waals surface area (Å²) in [5.41, 5.74) is 5.88. The maximum Gasteiger partial charge on any atom is 0.289 e. The standard InChI is InChI=1S/C11H13N5O2/c12-4-8-3-9(16(17)18)5-14-11(8)15-6-10(13)7-1-2-7/h3,5,7,10H,1-2,6,13H2,(H,14,15). The molecule has 7 nitrogen and oxygen atoms in total. The molecule has 7 heteroatoms. The average molecular weight is 247 g/mol. The van der Waals surface area contributed by atoms with Gasteiger partial charge in [0.1, 0.15) is 23.6 Å². The Labute approximate surface area is 104 Å². The minimum Gasteiger partial charge on any atom is -0.367 e. The van der Waals surface area contributed by atoms with Gasteiger partial charge in [0.05, 0.1) is 4.92 Å². The Bertz CT molecular complexity index is 507. The van der Waals surface area contributed by atoms with Crippen molar-refractivity contribution in [1.29, 1.82) is 5.26 Å². The van der Waals surface area contributed by atoms with Gasteiger partial charge in [-0.2, -0.15) is 5.26 Å². The minimum atomic E-state index is -0.576. The Hall–Kier alpha value is -2.20. The molecule has 1 aromatic heterocycles. The van der Waals surface area contributed by atoms with Crippen molar-refractivity contribution >= 4 is 11.5 Å². The van der Waals surface area contributed by atoms with Crippen molar-refractivity contribution in [2.75, 3.05) is 11.9 Å². The third-order valence-electron chi connectivity index (χ3n) is 2.94. The Kier molecular flexibility index (Phi) is 3.39. The first kappa shape index (κ1) is 12.3. The predicted molar refractivity (Wildman–Crippen MR) is 64.8 cm³/mol. The molecule has 0 radical (unpaired) electrons. The first-order valence-corrected chi connectivity index (χ1v) is 5.66. The van der Waals surface area contributed by atoms with Gasteiger partial charge in [-0.1, -0.05) is 0 Å². The number of nitriles is 1. The molecule has 18 heavy (non-hydrogen) atoms. The highest BCUT2D eigenvalue weighted by molar-refractivity contribution is 5.55. The highest BCUT2D eigenvalue weighted by atomic mass is 16.6. The zero-order valence-corrected chi connectivity index (χ0v) is 9.67. The number of anilines is 1. The topological polar surface area (TPSA) is 118 Å². The molecule has 1 heterocycles. The van der Waals surface area contributed by atoms with Crippen LogP contribution in [0.25, 0.3) is 0 Å². The first-order valence-electron chi connectivity index (χ1n) is 5.66. The zero-order valence-electron chi connectivity index (χ0n) is 9.67. The van der Waals surface area contributed by atoms with Gasteiger partial charge in [0.15, 0.2) is 0 Å². The van der Waals surface area contributed by atoms with E-state index in [1.54, 1.807) is 0 Å². The lowest BCUT2D eigenvalue weighted by atomic mass is 10.2. The van der Waals surface area contributed by atoms with Crippen LogP contribution < -0.4 is 11.1 Å². The van der Waals surface area contributed by atoms with E-state index in [9.17, 15) is 10.1 Å². The van der Waals surface area contributed by atoms with E-state index < -0.39 is 4.92 Å². The molecule has 1 aliphatic carbocycles. The van der Waals surface area contributed by atoms with E-state index in [0.29, 0.717) is 18.3 Å². The second-order valence-corrected chi connectivity index (χ2v) is 4.34. The van der Waals surface area contributed by atoms with Crippen LogP contribution in [-0.2, 0) is 0 Å². The van der Waals surface area contributed by atoms with Crippen LogP contribution in [0, 0.1) is 27.4 Å². The summed E-state index contributed by atoms with van der Waals surface area (Å²) in [5, 5.41) is 22.5. The number of hydrogen-bond donors (Lipinski definition) is 2. The lowest BCUT2D eigenvalue weighted by Crippen LogP contribution is -2.31. The Morgan fingerprint density at radius 1 is 1.72 bits per heavy atom. The van der Waals surface area contributed by atoms with Crippen molar-refractivity contribution in [3.8, 4) is 6.07 Å². The summed E-state index contributed by atoms with van der Waals surface area (Å²) in [7, 11) is 0. The van der Waals surface area contributed by atoms with E-state index in [2.05, 4.69) is 10.3 Å². The van der Waals surface area contributed by atoms with Crippen molar-refractivity contribution < 1.29 is 4.92 Å². The van der Waals surface area contributed by atoms with Crippen LogP contribution in [0.5, 0.6) is 0 Å². The van der Waals surface area contributed by atoms with Crippen LogP contribution >= 0.6 is 0 Å².